The topological polar surface area (TPSA) is 80.3 Å². The predicted molar refractivity (Wildman–Crippen MR) is 234 cm³/mol. The molecule has 2 aromatic rings. The van der Waals surface area contributed by atoms with Gasteiger partial charge >= 0.3 is 11.9 Å². The maximum atomic E-state index is 14.8. The van der Waals surface area contributed by atoms with Crippen molar-refractivity contribution in [1.29, 1.82) is 0 Å². The van der Waals surface area contributed by atoms with Gasteiger partial charge in [0.25, 0.3) is 0 Å². The molecule has 2 aliphatic rings. The smallest absolute Gasteiger partial charge is 0.338 e. The molecule has 2 aromatic carbocycles. The summed E-state index contributed by atoms with van der Waals surface area (Å²) in [4.78, 5) is 33.2. The fourth-order valence-electron chi connectivity index (χ4n) is 7.97. The van der Waals surface area contributed by atoms with Crippen LogP contribution in [0.3, 0.4) is 0 Å². The minimum atomic E-state index is -0.833. The number of hydrogen-bond donors (Lipinski definition) is 2. The molecule has 0 fully saturated rings. The van der Waals surface area contributed by atoms with Gasteiger partial charge in [-0.25, -0.2) is 9.59 Å². The molecule has 0 radical (unpaired) electrons. The van der Waals surface area contributed by atoms with Crippen LogP contribution in [0, 0.1) is 6.92 Å². The molecular formula is C47H71N3O5S. The number of nitrogens with zero attached hydrogens (tertiary/aromatic N) is 2. The monoisotopic (exact) mass is 790 g/mol. The van der Waals surface area contributed by atoms with E-state index in [2.05, 4.69) is 30.4 Å². The molecule has 0 spiro atoms. The number of thiol groups is 1. The number of unbranched alkanes of at least 4 members (excludes halogenated alkanes) is 12. The van der Waals surface area contributed by atoms with Crippen molar-refractivity contribution in [3.63, 3.8) is 0 Å². The number of benzene rings is 2. The lowest BCUT2D eigenvalue weighted by Gasteiger charge is -2.42. The summed E-state index contributed by atoms with van der Waals surface area (Å²) < 4.78 is 18.7. The number of carbonyl (C=O) groups is 2. The second kappa shape index (κ2) is 21.8. The number of nitrogens with one attached hydrogen (secondary N) is 1. The van der Waals surface area contributed by atoms with E-state index in [1.165, 1.54) is 70.6 Å². The van der Waals surface area contributed by atoms with Crippen molar-refractivity contribution in [2.45, 2.75) is 182 Å². The molecule has 8 nitrogen and oxygen atoms in total. The standard InChI is InChI=1S/C47H71N3O5S/c1-11-12-13-14-15-16-17-18-19-20-21-22-23-25-36-26-24-27-39(53-31(2)3)41(36)42-40(45(51)54-32(4)5)35(9)49(10)44(43(42)46(52)55-33(6)7)50-38-30-34(8)28-29-37(38)48-47(50)56/h24,26-33,42,47-48,56H,11-23,25H2,1-10H3. The molecule has 2 aliphatic heterocycles. The zero-order valence-electron chi connectivity index (χ0n) is 36.1. The van der Waals surface area contributed by atoms with E-state index in [1.54, 1.807) is 0 Å². The Morgan fingerprint density at radius 2 is 1.30 bits per heavy atom. The summed E-state index contributed by atoms with van der Waals surface area (Å²) in [5.74, 6) is -0.547. The van der Waals surface area contributed by atoms with Crippen molar-refractivity contribution >= 4 is 35.9 Å². The highest BCUT2D eigenvalue weighted by Crippen LogP contribution is 2.51. The van der Waals surface area contributed by atoms with E-state index in [4.69, 9.17) is 26.8 Å². The lowest BCUT2D eigenvalue weighted by molar-refractivity contribution is -0.143. The van der Waals surface area contributed by atoms with Gasteiger partial charge in [0.05, 0.1) is 46.8 Å². The molecule has 0 aliphatic carbocycles. The third-order valence-electron chi connectivity index (χ3n) is 10.7. The Morgan fingerprint density at radius 3 is 1.86 bits per heavy atom. The molecule has 0 saturated heterocycles. The summed E-state index contributed by atoms with van der Waals surface area (Å²) in [6, 6.07) is 12.3. The Kier molecular flexibility index (Phi) is 17.6. The highest BCUT2D eigenvalue weighted by atomic mass is 32.1. The number of rotatable bonds is 22. The summed E-state index contributed by atoms with van der Waals surface area (Å²) >= 11 is 5.02. The number of ether oxygens (including phenoxy) is 3. The van der Waals surface area contributed by atoms with E-state index in [-0.39, 0.29) is 12.2 Å². The number of aryl methyl sites for hydroxylation is 2. The van der Waals surface area contributed by atoms with Crippen molar-refractivity contribution in [3.8, 4) is 5.75 Å². The van der Waals surface area contributed by atoms with Crippen LogP contribution in [-0.4, -0.2) is 47.7 Å². The van der Waals surface area contributed by atoms with E-state index in [1.807, 2.05) is 90.4 Å². The minimum absolute atomic E-state index is 0.142. The van der Waals surface area contributed by atoms with Crippen LogP contribution in [0.15, 0.2) is 59.1 Å². The quantitative estimate of drug-likeness (QED) is 0.0693. The van der Waals surface area contributed by atoms with Gasteiger partial charge in [0.2, 0.25) is 0 Å². The van der Waals surface area contributed by atoms with Crippen LogP contribution >= 0.6 is 12.6 Å². The van der Waals surface area contributed by atoms with E-state index >= 15 is 0 Å². The van der Waals surface area contributed by atoms with Crippen molar-refractivity contribution in [1.82, 2.24) is 4.90 Å². The highest BCUT2D eigenvalue weighted by Gasteiger charge is 2.47. The van der Waals surface area contributed by atoms with Crippen LogP contribution in [0.5, 0.6) is 5.75 Å². The van der Waals surface area contributed by atoms with Crippen LogP contribution in [0.1, 0.15) is 161 Å². The molecule has 56 heavy (non-hydrogen) atoms. The summed E-state index contributed by atoms with van der Waals surface area (Å²) in [5, 5.41) is 3.48. The summed E-state index contributed by atoms with van der Waals surface area (Å²) in [7, 11) is 1.89. The molecule has 0 amide bonds. The average Bonchev–Trinajstić information content (AvgIpc) is 3.44. The maximum Gasteiger partial charge on any atom is 0.338 e. The largest absolute Gasteiger partial charge is 0.491 e. The van der Waals surface area contributed by atoms with Gasteiger partial charge in [-0.1, -0.05) is 102 Å². The van der Waals surface area contributed by atoms with Gasteiger partial charge in [0, 0.05) is 18.3 Å². The van der Waals surface area contributed by atoms with Crippen molar-refractivity contribution in [3.05, 3.63) is 75.8 Å². The Labute approximate surface area is 344 Å². The lowest BCUT2D eigenvalue weighted by atomic mass is 9.77. The molecule has 310 valence electrons. The zero-order chi connectivity index (χ0) is 40.9. The van der Waals surface area contributed by atoms with E-state index in [9.17, 15) is 9.59 Å². The van der Waals surface area contributed by atoms with Crippen LogP contribution in [0.4, 0.5) is 11.4 Å². The fourth-order valence-corrected chi connectivity index (χ4v) is 8.34. The number of anilines is 2. The van der Waals surface area contributed by atoms with Crippen molar-refractivity contribution in [2.75, 3.05) is 17.3 Å². The van der Waals surface area contributed by atoms with Crippen LogP contribution in [-0.2, 0) is 25.5 Å². The zero-order valence-corrected chi connectivity index (χ0v) is 37.0. The number of carbonyl (C=O) groups excluding carboxylic acids is 2. The molecule has 0 aromatic heterocycles. The van der Waals surface area contributed by atoms with Crippen molar-refractivity contribution in [2.24, 2.45) is 0 Å². The minimum Gasteiger partial charge on any atom is -0.491 e. The van der Waals surface area contributed by atoms with Gasteiger partial charge in [-0.3, -0.25) is 4.90 Å². The molecule has 2 atom stereocenters. The average molecular weight is 790 g/mol. The molecule has 2 unspecified atom stereocenters. The highest BCUT2D eigenvalue weighted by molar-refractivity contribution is 7.81. The van der Waals surface area contributed by atoms with E-state index in [0.717, 1.165) is 47.3 Å². The van der Waals surface area contributed by atoms with Crippen molar-refractivity contribution < 1.29 is 23.8 Å². The van der Waals surface area contributed by atoms with Gasteiger partial charge in [-0.15, -0.1) is 12.6 Å². The number of allylic oxidation sites excluding steroid dienone is 1. The van der Waals surface area contributed by atoms with Crippen LogP contribution in [0.2, 0.25) is 0 Å². The Morgan fingerprint density at radius 1 is 0.750 bits per heavy atom. The second-order valence-electron chi connectivity index (χ2n) is 16.5. The SMILES string of the molecule is CCCCCCCCCCCCCCCc1cccc(OC(C)C)c1C1C(C(=O)OC(C)C)=C(C)N(C)C(N2c3cc(C)ccc3NC2S)=C1C(=O)OC(C)C. The first-order chi connectivity index (χ1) is 26.8. The van der Waals surface area contributed by atoms with Gasteiger partial charge in [0.1, 0.15) is 11.6 Å². The molecule has 9 heteroatoms. The summed E-state index contributed by atoms with van der Waals surface area (Å²) in [6.07, 6.45) is 16.5. The molecular weight excluding hydrogens is 719 g/mol. The molecule has 0 bridgehead atoms. The predicted octanol–water partition coefficient (Wildman–Crippen LogP) is 12.0. The van der Waals surface area contributed by atoms with Gasteiger partial charge in [-0.2, -0.15) is 0 Å². The van der Waals surface area contributed by atoms with Gasteiger partial charge in [-0.05, 0) is 97.6 Å². The number of fused-ring (bicyclic) bond motifs is 1. The second-order valence-corrected chi connectivity index (χ2v) is 17.0. The van der Waals surface area contributed by atoms with Gasteiger partial charge < -0.3 is 24.4 Å². The maximum absolute atomic E-state index is 14.8. The Hall–Kier alpha value is -3.59. The first kappa shape index (κ1) is 45.1. The Balaban J connectivity index is 1.78. The van der Waals surface area contributed by atoms with Crippen LogP contribution in [0.25, 0.3) is 0 Å². The third-order valence-corrected chi connectivity index (χ3v) is 11.0. The molecule has 2 heterocycles. The first-order valence-corrected chi connectivity index (χ1v) is 22.0. The third kappa shape index (κ3) is 11.7. The van der Waals surface area contributed by atoms with E-state index in [0.29, 0.717) is 28.4 Å². The molecule has 0 saturated carbocycles. The first-order valence-electron chi connectivity index (χ1n) is 21.5. The number of hydrogen-bond acceptors (Lipinski definition) is 9. The van der Waals surface area contributed by atoms with E-state index < -0.39 is 29.5 Å². The molecule has 1 N–H and O–H groups in total. The fraction of sp³-hybridized carbons (Fsp3) is 0.617. The Bertz CT molecular complexity index is 1680. The normalized spacial score (nSPS) is 17.0. The lowest BCUT2D eigenvalue weighted by Crippen LogP contribution is -2.44. The molecule has 4 rings (SSSR count). The van der Waals surface area contributed by atoms with Crippen LogP contribution < -0.4 is 15.0 Å². The number of esters is 2. The summed E-state index contributed by atoms with van der Waals surface area (Å²) in [6.45, 7) is 17.7. The summed E-state index contributed by atoms with van der Waals surface area (Å²) in [5.41, 5.74) is 5.68. The van der Waals surface area contributed by atoms with Gasteiger partial charge in [0.15, 0.2) is 5.50 Å².